The lowest BCUT2D eigenvalue weighted by Crippen LogP contribution is -2.59. The van der Waals surface area contributed by atoms with Gasteiger partial charge in [-0.1, -0.05) is 0 Å². The second kappa shape index (κ2) is 15.5. The van der Waals surface area contributed by atoms with E-state index < -0.39 is 72.5 Å². The molecule has 21 heteroatoms. The number of H-pyrrole nitrogens is 2. The molecule has 3 aromatic rings. The van der Waals surface area contributed by atoms with Crippen molar-refractivity contribution in [1.29, 1.82) is 0 Å². The number of nitrogen functional groups attached to an aromatic ring is 1. The minimum Gasteiger partial charge on any atom is -0.393 e. The Balaban J connectivity index is 1.04. The zero-order chi connectivity index (χ0) is 35.3. The first-order chi connectivity index (χ1) is 23.5. The molecule has 0 saturated carbocycles. The van der Waals surface area contributed by atoms with E-state index in [2.05, 4.69) is 19.9 Å². The number of aryl methyl sites for hydroxylation is 1. The number of nitrogens with zero attached hydrogens (tertiary/aromatic N) is 5. The van der Waals surface area contributed by atoms with Gasteiger partial charge in [0, 0.05) is 31.4 Å². The average molecular weight is 699 g/mol. The zero-order valence-electron chi connectivity index (χ0n) is 26.8. The van der Waals surface area contributed by atoms with Gasteiger partial charge >= 0.3 is 5.69 Å². The molecule has 0 unspecified atom stereocenters. The van der Waals surface area contributed by atoms with Crippen LogP contribution in [0.5, 0.6) is 0 Å². The molecule has 0 spiro atoms. The molecule has 49 heavy (non-hydrogen) atoms. The molecule has 2 aliphatic heterocycles. The average Bonchev–Trinajstić information content (AvgIpc) is 3.61. The number of nitrogens with two attached hydrogens (primary N) is 1. The van der Waals surface area contributed by atoms with Crippen molar-refractivity contribution in [3.05, 3.63) is 49.3 Å². The fourth-order valence-electron chi connectivity index (χ4n) is 5.77. The highest BCUT2D eigenvalue weighted by atomic mass is 16.6. The third-order valence-electron chi connectivity index (χ3n) is 8.49. The van der Waals surface area contributed by atoms with Crippen LogP contribution in [0, 0.1) is 6.92 Å². The Hall–Kier alpha value is -3.61. The van der Waals surface area contributed by atoms with Gasteiger partial charge in [0.15, 0.2) is 23.6 Å². The minimum absolute atomic E-state index is 0.0260. The van der Waals surface area contributed by atoms with Gasteiger partial charge in [0.05, 0.1) is 65.8 Å². The van der Waals surface area contributed by atoms with Crippen molar-refractivity contribution in [3.8, 4) is 0 Å². The van der Waals surface area contributed by atoms with Crippen molar-refractivity contribution in [3.63, 3.8) is 0 Å². The summed E-state index contributed by atoms with van der Waals surface area (Å²) in [4.78, 5) is 50.8. The molecular formula is C28H42N8O13. The molecule has 0 aromatic carbocycles. The van der Waals surface area contributed by atoms with Crippen molar-refractivity contribution in [2.45, 2.75) is 42.8 Å². The number of aliphatic hydroxyl groups is 5. The van der Waals surface area contributed by atoms with Gasteiger partial charge in [0.1, 0.15) is 23.4 Å². The van der Waals surface area contributed by atoms with Gasteiger partial charge in [0.25, 0.3) is 11.1 Å². The Kier molecular flexibility index (Phi) is 11.6. The largest absolute Gasteiger partial charge is 0.393 e. The van der Waals surface area contributed by atoms with E-state index in [9.17, 15) is 39.9 Å². The first kappa shape index (κ1) is 36.7. The van der Waals surface area contributed by atoms with Gasteiger partial charge in [-0.25, -0.2) is 9.78 Å². The summed E-state index contributed by atoms with van der Waals surface area (Å²) in [7, 11) is 0. The van der Waals surface area contributed by atoms with Crippen LogP contribution in [0.2, 0.25) is 0 Å². The molecule has 0 radical (unpaired) electrons. The summed E-state index contributed by atoms with van der Waals surface area (Å²) in [5.74, 6) is -0.176. The van der Waals surface area contributed by atoms with Gasteiger partial charge < -0.3 is 55.0 Å². The number of hydrogen-bond acceptors (Lipinski definition) is 17. The summed E-state index contributed by atoms with van der Waals surface area (Å²) >= 11 is 0. The van der Waals surface area contributed by atoms with Crippen molar-refractivity contribution in [2.75, 3.05) is 84.8 Å². The van der Waals surface area contributed by atoms with Crippen molar-refractivity contribution < 1.29 is 49.2 Å². The van der Waals surface area contributed by atoms with Crippen LogP contribution < -0.4 is 22.5 Å². The summed E-state index contributed by atoms with van der Waals surface area (Å²) in [6.07, 6.45) is -2.61. The van der Waals surface area contributed by atoms with Crippen LogP contribution in [0.25, 0.3) is 11.2 Å². The predicted molar refractivity (Wildman–Crippen MR) is 166 cm³/mol. The first-order valence-electron chi connectivity index (χ1n) is 15.5. The summed E-state index contributed by atoms with van der Waals surface area (Å²) in [5, 5.41) is 51.5. The van der Waals surface area contributed by atoms with E-state index in [1.807, 2.05) is 4.90 Å². The van der Waals surface area contributed by atoms with E-state index in [4.69, 9.17) is 29.4 Å². The summed E-state index contributed by atoms with van der Waals surface area (Å²) < 4.78 is 31.1. The number of aromatic amines is 2. The molecule has 0 bridgehead atoms. The second-order valence-corrected chi connectivity index (χ2v) is 12.0. The molecule has 5 heterocycles. The lowest BCUT2D eigenvalue weighted by Gasteiger charge is -2.44. The Morgan fingerprint density at radius 2 is 1.65 bits per heavy atom. The molecule has 9 N–H and O–H groups in total. The highest BCUT2D eigenvalue weighted by Gasteiger charge is 2.55. The lowest BCUT2D eigenvalue weighted by molar-refractivity contribution is -0.215. The Bertz CT molecular complexity index is 1740. The number of morpholine rings is 1. The standard InChI is InChI=1S/C28H42N8O13/c1-16-8-35(26(44)33-22(16)42)17-9-34(10-27(11-37,12-38)48-17)2-3-45-4-5-46-6-7-47-14-28(13-39)20(41)19(40)24(49-28)36-15-30-18-21(36)31-25(29)32-23(18)43/h8,15,17,19-20,24,37-41H,2-7,9-14H2,1H3,(H,33,42,44)(H3,29,31,32,43)/t17-,19-,20+,24-,28+/m1/s1. The minimum atomic E-state index is -1.69. The summed E-state index contributed by atoms with van der Waals surface area (Å²) in [6, 6.07) is 0. The zero-order valence-corrected chi connectivity index (χ0v) is 26.8. The molecule has 5 rings (SSSR count). The highest BCUT2D eigenvalue weighted by molar-refractivity contribution is 5.70. The number of fused-ring (bicyclic) bond motifs is 1. The van der Waals surface area contributed by atoms with Crippen LogP contribution in [0.4, 0.5) is 5.95 Å². The van der Waals surface area contributed by atoms with Gasteiger partial charge in [0.2, 0.25) is 5.95 Å². The second-order valence-electron chi connectivity index (χ2n) is 12.0. The maximum atomic E-state index is 12.4. The molecule has 3 aromatic heterocycles. The smallest absolute Gasteiger partial charge is 0.330 e. The van der Waals surface area contributed by atoms with E-state index >= 15 is 0 Å². The molecular weight excluding hydrogens is 656 g/mol. The SMILES string of the molecule is Cc1cn([C@H]2CN(CCOCCOCCOC[C@]3(CO)O[C@@H](n4cnc5c(=O)[nH]c(N)nc54)[C@H](O)[C@@H]3O)CC(CO)(CO)O2)c(=O)[nH]c1=O. The monoisotopic (exact) mass is 698 g/mol. The molecule has 0 aliphatic carbocycles. The Morgan fingerprint density at radius 3 is 2.35 bits per heavy atom. The van der Waals surface area contributed by atoms with E-state index in [-0.39, 0.29) is 69.8 Å². The van der Waals surface area contributed by atoms with Crippen LogP contribution >= 0.6 is 0 Å². The molecule has 0 amide bonds. The number of imidazole rings is 1. The van der Waals surface area contributed by atoms with Gasteiger partial charge in [-0.2, -0.15) is 4.98 Å². The van der Waals surface area contributed by atoms with Crippen molar-refractivity contribution in [1.82, 2.24) is 34.0 Å². The number of nitrogens with one attached hydrogen (secondary N) is 2. The predicted octanol–water partition coefficient (Wildman–Crippen LogP) is -4.85. The third kappa shape index (κ3) is 7.76. The van der Waals surface area contributed by atoms with Crippen LogP contribution in [0.1, 0.15) is 18.0 Å². The Labute approximate surface area is 277 Å². The van der Waals surface area contributed by atoms with Gasteiger partial charge in [-0.3, -0.25) is 33.6 Å². The topological polar surface area (TPSA) is 295 Å². The van der Waals surface area contributed by atoms with E-state index in [1.165, 1.54) is 21.7 Å². The van der Waals surface area contributed by atoms with E-state index in [1.54, 1.807) is 6.92 Å². The van der Waals surface area contributed by atoms with Crippen LogP contribution in [0.15, 0.2) is 26.9 Å². The van der Waals surface area contributed by atoms with Crippen LogP contribution in [-0.2, 0) is 23.7 Å². The fourth-order valence-corrected chi connectivity index (χ4v) is 5.77. The molecule has 5 atom stereocenters. The van der Waals surface area contributed by atoms with Gasteiger partial charge in [-0.05, 0) is 6.92 Å². The fraction of sp³-hybridized carbons (Fsp3) is 0.679. The van der Waals surface area contributed by atoms with Crippen LogP contribution in [0.3, 0.4) is 0 Å². The van der Waals surface area contributed by atoms with Crippen molar-refractivity contribution >= 4 is 17.1 Å². The number of ether oxygens (including phenoxy) is 5. The summed E-state index contributed by atoms with van der Waals surface area (Å²) in [5.41, 5.74) is 1.13. The molecule has 272 valence electrons. The Morgan fingerprint density at radius 1 is 0.959 bits per heavy atom. The normalized spacial score (nSPS) is 25.8. The molecule has 21 nitrogen and oxygen atoms in total. The lowest BCUT2D eigenvalue weighted by atomic mass is 9.97. The maximum absolute atomic E-state index is 12.4. The molecule has 2 fully saturated rings. The number of hydrogen-bond donors (Lipinski definition) is 8. The molecule has 2 aliphatic rings. The third-order valence-corrected chi connectivity index (χ3v) is 8.49. The number of anilines is 1. The summed E-state index contributed by atoms with van der Waals surface area (Å²) in [6.45, 7) is 1.28. The van der Waals surface area contributed by atoms with E-state index in [0.717, 1.165) is 0 Å². The maximum Gasteiger partial charge on any atom is 0.330 e. The first-order valence-corrected chi connectivity index (χ1v) is 15.5. The number of aliphatic hydroxyl groups excluding tert-OH is 5. The van der Waals surface area contributed by atoms with E-state index in [0.29, 0.717) is 12.1 Å². The number of rotatable bonds is 16. The molecule has 2 saturated heterocycles. The highest BCUT2D eigenvalue weighted by Crippen LogP contribution is 2.38. The van der Waals surface area contributed by atoms with Crippen LogP contribution in [-0.4, -0.2) is 162 Å². The number of aromatic nitrogens is 6. The van der Waals surface area contributed by atoms with Crippen molar-refractivity contribution in [2.24, 2.45) is 0 Å². The quantitative estimate of drug-likeness (QED) is 0.0651. The van der Waals surface area contributed by atoms with Gasteiger partial charge in [-0.15, -0.1) is 0 Å².